The Balaban J connectivity index is 0. The molecule has 25 valence electrons. The first-order chi connectivity index (χ1) is 0. The molecule has 0 aliphatic heterocycles. The number of hydrogen-bond acceptors (Lipinski definition) is 0. The van der Waals surface area contributed by atoms with Crippen molar-refractivity contribution in [1.29, 1.82) is 0 Å². The Kier molecular flexibility index (Phi) is 258. The molecule has 0 aromatic heterocycles. The Labute approximate surface area is 100.0 Å². The summed E-state index contributed by atoms with van der Waals surface area (Å²) >= 11 is 0. The average Bonchev–Trinajstić information content (AvgIpc) is 0. The minimum atomic E-state index is 0. The van der Waals surface area contributed by atoms with Crippen LogP contribution in [-0.2, 0) is 33.9 Å². The Morgan fingerprint density at radius 1 is 1.00 bits per heavy atom. The molecule has 0 aliphatic carbocycles. The molecule has 0 saturated heterocycles. The van der Waals surface area contributed by atoms with E-state index in [1.54, 1.807) is 0 Å². The van der Waals surface area contributed by atoms with Crippen LogP contribution in [0.15, 0.2) is 0 Å². The molecule has 0 bridgehead atoms. The molecule has 0 saturated carbocycles. The maximum atomic E-state index is 0. The first kappa shape index (κ1) is 45.0. The van der Waals surface area contributed by atoms with Gasteiger partial charge in [0.15, 0.2) is 0 Å². The van der Waals surface area contributed by atoms with Gasteiger partial charge in [0.1, 0.15) is 0 Å². The van der Waals surface area contributed by atoms with Gasteiger partial charge in [-0.3, -0.25) is 0 Å². The van der Waals surface area contributed by atoms with Gasteiger partial charge in [-0.05, 0) is 0 Å². The van der Waals surface area contributed by atoms with Crippen LogP contribution < -0.4 is 0 Å². The van der Waals surface area contributed by atoms with E-state index in [1.165, 1.54) is 0 Å². The molecule has 0 rings (SSSR count). The zero-order valence-electron chi connectivity index (χ0n) is 2.51. The summed E-state index contributed by atoms with van der Waals surface area (Å²) in [5.41, 5.74) is 0. The third-order valence-corrected chi connectivity index (χ3v) is 0. The van der Waals surface area contributed by atoms with Gasteiger partial charge in [0.25, 0.3) is 0 Å². The standard InChI is InChI=1S/B.Ba.Cr.Ni.Si. The van der Waals surface area contributed by atoms with E-state index in [2.05, 4.69) is 0 Å². The summed E-state index contributed by atoms with van der Waals surface area (Å²) < 4.78 is 0. The predicted octanol–water partition coefficient (Wildman–Crippen LogP) is -1.15. The van der Waals surface area contributed by atoms with E-state index in [9.17, 15) is 0 Å². The molecule has 0 aromatic carbocycles. The van der Waals surface area contributed by atoms with Crippen LogP contribution in [0.1, 0.15) is 0 Å². The topological polar surface area (TPSA) is 0 Å². The zero-order valence-corrected chi connectivity index (χ0v) is 10.2. The largest absolute Gasteiger partial charge is 0 e. The van der Waals surface area contributed by atoms with Gasteiger partial charge < -0.3 is 0 Å². The van der Waals surface area contributed by atoms with Gasteiger partial charge in [0, 0.05) is 102 Å². The van der Waals surface area contributed by atoms with Crippen molar-refractivity contribution in [1.82, 2.24) is 0 Å². The SMILES string of the molecule is [B].[Ba].[Cr].[Ni].[Si]. The third kappa shape index (κ3) is 19.8. The average molecular weight is 287 g/mol. The van der Waals surface area contributed by atoms with Crippen molar-refractivity contribution in [2.45, 2.75) is 0 Å². The fourth-order valence-corrected chi connectivity index (χ4v) is 0. The Hall–Kier alpha value is 2.88. The second kappa shape index (κ2) is 28.7. The van der Waals surface area contributed by atoms with Gasteiger partial charge in [0.2, 0.25) is 0 Å². The van der Waals surface area contributed by atoms with Crippen LogP contribution in [0.2, 0.25) is 0 Å². The maximum absolute atomic E-state index is 0. The van der Waals surface area contributed by atoms with Crippen molar-refractivity contribution in [3.8, 4) is 0 Å². The van der Waals surface area contributed by atoms with Crippen LogP contribution >= 0.6 is 0 Å². The van der Waals surface area contributed by atoms with E-state index in [4.69, 9.17) is 0 Å². The molecule has 0 nitrogen and oxygen atoms in total. The molecule has 0 amide bonds. The quantitative estimate of drug-likeness (QED) is 0.494. The van der Waals surface area contributed by atoms with Gasteiger partial charge in [-0.15, -0.1) is 0 Å². The normalized spacial score (nSPS) is 0. The summed E-state index contributed by atoms with van der Waals surface area (Å²) in [5.74, 6) is 0. The molecule has 0 atom stereocenters. The minimum absolute atomic E-state index is 0. The van der Waals surface area contributed by atoms with E-state index in [0.717, 1.165) is 0 Å². The summed E-state index contributed by atoms with van der Waals surface area (Å²) in [4.78, 5) is 0. The fraction of sp³-hybridized carbons (Fsp3) is 0. The van der Waals surface area contributed by atoms with E-state index < -0.39 is 0 Å². The first-order valence-corrected chi connectivity index (χ1v) is 0. The molecule has 0 unspecified atom stereocenters. The Morgan fingerprint density at radius 2 is 1.00 bits per heavy atom. The number of rotatable bonds is 0. The van der Waals surface area contributed by atoms with Crippen LogP contribution in [0.3, 0.4) is 0 Å². The van der Waals surface area contributed by atoms with Gasteiger partial charge >= 0.3 is 0 Å². The van der Waals surface area contributed by atoms with Crippen LogP contribution in [0, 0.1) is 0 Å². The fourth-order valence-electron chi connectivity index (χ4n) is 0. The molecule has 9 radical (unpaired) electrons. The Bertz CT molecular complexity index is 11.6. The van der Waals surface area contributed by atoms with Crippen molar-refractivity contribution in [3.63, 3.8) is 0 Å². The van der Waals surface area contributed by atoms with Crippen molar-refractivity contribution in [3.05, 3.63) is 0 Å². The van der Waals surface area contributed by atoms with E-state index in [0.29, 0.717) is 0 Å². The van der Waals surface area contributed by atoms with Gasteiger partial charge in [0.05, 0.1) is 0 Å². The molecule has 5 heteroatoms. The Morgan fingerprint density at radius 3 is 1.00 bits per heavy atom. The first-order valence-electron chi connectivity index (χ1n) is 0. The van der Waals surface area contributed by atoms with Crippen LogP contribution in [0.25, 0.3) is 0 Å². The maximum Gasteiger partial charge on any atom is 0 e. The molecule has 0 N–H and O–H groups in total. The molecular formula is BBaCrNiSi. The summed E-state index contributed by atoms with van der Waals surface area (Å²) in [6.45, 7) is 0. The van der Waals surface area contributed by atoms with Crippen molar-refractivity contribution in [2.24, 2.45) is 0 Å². The molecule has 0 heterocycles. The van der Waals surface area contributed by atoms with Crippen LogP contribution in [0.5, 0.6) is 0 Å². The predicted molar refractivity (Wildman–Crippen MR) is 17.3 cm³/mol. The summed E-state index contributed by atoms with van der Waals surface area (Å²) in [7, 11) is 0. The molecule has 0 spiro atoms. The molecule has 0 fully saturated rings. The molecular weight excluding hydrogens is 287 g/mol. The zero-order chi connectivity index (χ0) is 0. The molecule has 0 aliphatic rings. The van der Waals surface area contributed by atoms with Crippen LogP contribution in [-0.4, -0.2) is 68.3 Å². The minimum Gasteiger partial charge on any atom is 0 e. The number of hydrogen-bond donors (Lipinski definition) is 0. The van der Waals surface area contributed by atoms with Crippen LogP contribution in [0.4, 0.5) is 0 Å². The van der Waals surface area contributed by atoms with E-state index in [-0.39, 0.29) is 102 Å². The summed E-state index contributed by atoms with van der Waals surface area (Å²) in [5, 5.41) is 0. The van der Waals surface area contributed by atoms with Crippen molar-refractivity contribution in [2.75, 3.05) is 0 Å². The summed E-state index contributed by atoms with van der Waals surface area (Å²) in [6.07, 6.45) is 0. The van der Waals surface area contributed by atoms with E-state index in [1.807, 2.05) is 0 Å². The van der Waals surface area contributed by atoms with Gasteiger partial charge in [-0.1, -0.05) is 0 Å². The summed E-state index contributed by atoms with van der Waals surface area (Å²) in [6, 6.07) is 0. The monoisotopic (exact) mass is 287 g/mol. The third-order valence-electron chi connectivity index (χ3n) is 0. The van der Waals surface area contributed by atoms with Crippen molar-refractivity contribution >= 4 is 68.3 Å². The van der Waals surface area contributed by atoms with E-state index >= 15 is 0 Å². The smallest absolute Gasteiger partial charge is 0 e. The second-order valence-electron chi connectivity index (χ2n) is 0. The van der Waals surface area contributed by atoms with Crippen molar-refractivity contribution < 1.29 is 33.9 Å². The molecule has 0 aromatic rings. The van der Waals surface area contributed by atoms with Gasteiger partial charge in [-0.2, -0.15) is 0 Å². The molecule has 5 heavy (non-hydrogen) atoms. The second-order valence-corrected chi connectivity index (χ2v) is 0. The van der Waals surface area contributed by atoms with Gasteiger partial charge in [-0.25, -0.2) is 0 Å².